The molecule has 772 valence electrons. The van der Waals surface area contributed by atoms with Crippen molar-refractivity contribution < 1.29 is 64.4 Å². The zero-order chi connectivity index (χ0) is 105. The van der Waals surface area contributed by atoms with Gasteiger partial charge in [0.1, 0.15) is 69.2 Å². The number of aromatic nitrogens is 6. The van der Waals surface area contributed by atoms with Crippen LogP contribution in [0.15, 0.2) is 149 Å². The number of hydrogen-bond acceptors (Lipinski definition) is 20. The standard InChI is InChI=1S/2C38H43F3N6O3.C36H42F3N5O2/c2*1-8-29(49)45-20-24-19-44(16-10-15-43(6)7)37-36(46(24)18-23(45)5)25-17-27(40)31(30-26(39)11-9-12-28(30)48)32(41)35(25)47(38(37)50)34-22(4)13-14-42-33(34)21(2)3;1-20(2)31-32(22(4)13-14-40-31)44-33-24(17-26(38)29(30(33)39)28-25(37)9-7-10-27(28)45)34-35(36(44)46)42(16-8-15-41(5)6)19-23-12-11-21(3)18-43(23)34/h2*8-9,11-14,17,21,23-24,48H,1,10,15-16,18-20H2,2-7H3;7,9-10,13-14,17,20-21,23,45H,8,11-12,15-16,18-19H2,1-6H3/t2*23-,24+;21-,23+/m110/s1. The lowest BCUT2D eigenvalue weighted by Gasteiger charge is -2.52. The fraction of sp³-hybridized carbons (Fsp3) is 0.411. The van der Waals surface area contributed by atoms with Gasteiger partial charge in [0.05, 0.1) is 113 Å². The van der Waals surface area contributed by atoms with Gasteiger partial charge in [0.2, 0.25) is 11.8 Å². The summed E-state index contributed by atoms with van der Waals surface area (Å²) in [4.78, 5) is 107. The molecule has 0 saturated carbocycles. The maximum absolute atomic E-state index is 17.4. The van der Waals surface area contributed by atoms with Gasteiger partial charge in [0.15, 0.2) is 17.5 Å². The average molecular weight is 2010 g/mol. The number of carbonyl (C=O) groups is 2. The Bertz CT molecular complexity index is 7000. The second-order valence-corrected chi connectivity index (χ2v) is 41.3. The van der Waals surface area contributed by atoms with Crippen molar-refractivity contribution in [1.82, 2.24) is 53.2 Å². The molecule has 3 saturated heterocycles. The van der Waals surface area contributed by atoms with Crippen molar-refractivity contribution in [3.63, 3.8) is 0 Å². The molecule has 2 amide bonds. The minimum atomic E-state index is -1.19. The predicted octanol–water partition coefficient (Wildman–Crippen LogP) is 18.9. The normalized spacial score (nSPS) is 17.7. The molecule has 0 bridgehead atoms. The van der Waals surface area contributed by atoms with Crippen LogP contribution in [0.2, 0.25) is 0 Å². The first-order valence-electron chi connectivity index (χ1n) is 49.9. The molecule has 18 rings (SSSR count). The zero-order valence-corrected chi connectivity index (χ0v) is 86.0. The Balaban J connectivity index is 0.000000157. The molecular formula is C112H128F9N17O8. The number of phenolic OH excluding ortho intramolecular Hbond substituents is 3. The van der Waals surface area contributed by atoms with Crippen molar-refractivity contribution in [2.24, 2.45) is 5.92 Å². The highest BCUT2D eigenvalue weighted by Crippen LogP contribution is 2.53. The Hall–Kier alpha value is -13.7. The van der Waals surface area contributed by atoms with Crippen LogP contribution in [0.1, 0.15) is 146 Å². The summed E-state index contributed by atoms with van der Waals surface area (Å²) in [5.74, 6) is -12.2. The van der Waals surface area contributed by atoms with Gasteiger partial charge in [-0.2, -0.15) is 0 Å². The fourth-order valence-corrected chi connectivity index (χ4v) is 22.4. The van der Waals surface area contributed by atoms with Crippen LogP contribution in [0.25, 0.3) is 83.2 Å². The molecule has 6 aliphatic rings. The first-order chi connectivity index (χ1) is 69.4. The van der Waals surface area contributed by atoms with Gasteiger partial charge in [-0.3, -0.25) is 52.6 Å². The number of fused-ring (bicyclic) bond motifs is 15. The van der Waals surface area contributed by atoms with Crippen LogP contribution in [-0.4, -0.2) is 244 Å². The van der Waals surface area contributed by atoms with Crippen molar-refractivity contribution in [1.29, 1.82) is 0 Å². The van der Waals surface area contributed by atoms with Gasteiger partial charge in [-0.25, -0.2) is 39.5 Å². The fourth-order valence-electron chi connectivity index (χ4n) is 22.4. The van der Waals surface area contributed by atoms with Crippen LogP contribution in [0, 0.1) is 79.0 Å². The van der Waals surface area contributed by atoms with E-state index in [9.17, 15) is 24.9 Å². The number of pyridine rings is 6. The van der Waals surface area contributed by atoms with E-state index in [0.717, 1.165) is 81.4 Å². The largest absolute Gasteiger partial charge is 0.507 e. The third kappa shape index (κ3) is 19.1. The number of piperidine rings is 1. The van der Waals surface area contributed by atoms with E-state index in [4.69, 9.17) is 0 Å². The molecule has 6 atom stereocenters. The molecule has 0 aliphatic carbocycles. The third-order valence-corrected chi connectivity index (χ3v) is 29.1. The Morgan fingerprint density at radius 2 is 0.671 bits per heavy atom. The SMILES string of the molecule is C=CC(=O)N1C[C@@H]2CN(CCCN(C)C)c3c(c4cc(F)c(-c5c(O)cccc5F)c(F)c4n(-c4c(C)ccnc4C(C)C)c3=O)N2C[C@H]1C.C=CC(=O)N1C[C@@H]2CN(CCCN(C)C)c3c(c4cc(F)c(-c5c(O)cccc5F)c(F)c4n(-c4c(C)ccnc4C(C)C)c3=O)N2C[C@H]1C.Cc1ccnc(C(C)C)c1-n1c(=O)c2c(c3cc(F)c(-c4c(O)cccc4F)c(F)c31)N1C[C@@H](C)CC[C@@H]1CN2CCCN(C)C. The predicted molar refractivity (Wildman–Crippen MR) is 560 cm³/mol. The van der Waals surface area contributed by atoms with Gasteiger partial charge in [-0.1, -0.05) is 79.8 Å². The molecular weight excluding hydrogens is 1880 g/mol. The second kappa shape index (κ2) is 42.4. The van der Waals surface area contributed by atoms with E-state index in [0.29, 0.717) is 176 Å². The molecule has 3 N–H and O–H groups in total. The highest BCUT2D eigenvalue weighted by molar-refractivity contribution is 6.07. The first-order valence-corrected chi connectivity index (χ1v) is 49.9. The summed E-state index contributed by atoms with van der Waals surface area (Å²) in [6, 6.07) is 17.9. The van der Waals surface area contributed by atoms with E-state index in [1.54, 1.807) is 60.4 Å². The molecule has 12 aromatic rings. The molecule has 34 heteroatoms. The third-order valence-electron chi connectivity index (χ3n) is 29.1. The minimum absolute atomic E-state index is 0.0641. The van der Waals surface area contributed by atoms with E-state index >= 15 is 53.9 Å². The summed E-state index contributed by atoms with van der Waals surface area (Å²) in [6.07, 6.45) is 11.6. The Labute approximate surface area is 843 Å². The number of nitrogens with zero attached hydrogens (tertiary/aromatic N) is 17. The summed E-state index contributed by atoms with van der Waals surface area (Å²) in [7, 11) is 11.9. The number of anilines is 6. The van der Waals surface area contributed by atoms with Gasteiger partial charge in [0, 0.05) is 125 Å². The van der Waals surface area contributed by atoms with E-state index in [1.165, 1.54) is 56.2 Å². The van der Waals surface area contributed by atoms with Crippen molar-refractivity contribution >= 4 is 78.6 Å². The second-order valence-electron chi connectivity index (χ2n) is 41.3. The highest BCUT2D eigenvalue weighted by atomic mass is 19.2. The van der Waals surface area contributed by atoms with E-state index in [2.05, 4.69) is 49.7 Å². The van der Waals surface area contributed by atoms with Crippen LogP contribution in [0.3, 0.4) is 0 Å². The molecule has 6 aromatic carbocycles. The van der Waals surface area contributed by atoms with Gasteiger partial charge >= 0.3 is 0 Å². The Kier molecular flexibility index (Phi) is 30.5. The van der Waals surface area contributed by atoms with Gasteiger partial charge in [0.25, 0.3) is 16.7 Å². The lowest BCUT2D eigenvalue weighted by Crippen LogP contribution is -2.64. The highest BCUT2D eigenvalue weighted by Gasteiger charge is 2.48. The number of benzene rings is 6. The molecule has 3 fully saturated rings. The number of aryl methyl sites for hydroxylation is 3. The van der Waals surface area contributed by atoms with Crippen LogP contribution in [0.4, 0.5) is 73.6 Å². The molecule has 0 spiro atoms. The van der Waals surface area contributed by atoms with Crippen LogP contribution < -0.4 is 46.1 Å². The maximum atomic E-state index is 17.4. The lowest BCUT2D eigenvalue weighted by molar-refractivity contribution is -0.129. The van der Waals surface area contributed by atoms with Gasteiger partial charge < -0.3 is 69.2 Å². The molecule has 0 unspecified atom stereocenters. The van der Waals surface area contributed by atoms with Crippen molar-refractivity contribution in [3.8, 4) is 67.7 Å². The number of halogens is 9. The number of hydrogen-bond donors (Lipinski definition) is 3. The number of amides is 2. The molecule has 6 aliphatic heterocycles. The first kappa shape index (κ1) is 105. The van der Waals surface area contributed by atoms with Gasteiger partial charge in [-0.15, -0.1) is 0 Å². The molecule has 6 aromatic heterocycles. The van der Waals surface area contributed by atoms with Crippen molar-refractivity contribution in [3.05, 3.63) is 252 Å². The van der Waals surface area contributed by atoms with Crippen molar-refractivity contribution in [2.75, 3.05) is 163 Å². The zero-order valence-electron chi connectivity index (χ0n) is 86.0. The number of carbonyl (C=O) groups excluding carboxylic acids is 2. The summed E-state index contributed by atoms with van der Waals surface area (Å²) < 4.78 is 151. The number of rotatable bonds is 23. The molecule has 12 heterocycles. The summed E-state index contributed by atoms with van der Waals surface area (Å²) >= 11 is 0. The van der Waals surface area contributed by atoms with Gasteiger partial charge in [-0.05, 0) is 254 Å². The average Bonchev–Trinajstić information content (AvgIpc) is 0.708. The quantitative estimate of drug-likeness (QED) is 0.0399. The molecule has 0 radical (unpaired) electrons. The topological polar surface area (TPSA) is 235 Å². The van der Waals surface area contributed by atoms with Crippen LogP contribution in [-0.2, 0) is 9.59 Å². The number of piperazine rings is 2. The number of phenols is 3. The Morgan fingerprint density at radius 3 is 0.945 bits per heavy atom. The molecule has 146 heavy (non-hydrogen) atoms. The minimum Gasteiger partial charge on any atom is -0.507 e. The Morgan fingerprint density at radius 1 is 0.384 bits per heavy atom. The van der Waals surface area contributed by atoms with Crippen molar-refractivity contribution in [2.45, 2.75) is 163 Å². The lowest BCUT2D eigenvalue weighted by atomic mass is 9.89. The molecule has 25 nitrogen and oxygen atoms in total. The van der Waals surface area contributed by atoms with Crippen LogP contribution >= 0.6 is 0 Å². The summed E-state index contributed by atoms with van der Waals surface area (Å²) in [5, 5.41) is 32.5. The number of aromatic hydroxyl groups is 3. The summed E-state index contributed by atoms with van der Waals surface area (Å²) in [6.45, 7) is 37.3. The smallest absolute Gasteiger partial charge is 0.281 e. The monoisotopic (exact) mass is 2010 g/mol. The maximum Gasteiger partial charge on any atom is 0.281 e. The van der Waals surface area contributed by atoms with E-state index in [1.807, 2.05) is 134 Å². The van der Waals surface area contributed by atoms with E-state index < -0.39 is 120 Å². The summed E-state index contributed by atoms with van der Waals surface area (Å²) in [5.41, 5.74) is 0.709. The van der Waals surface area contributed by atoms with Crippen LogP contribution in [0.5, 0.6) is 17.2 Å². The van der Waals surface area contributed by atoms with E-state index in [-0.39, 0.29) is 92.5 Å².